The van der Waals surface area contributed by atoms with Crippen LogP contribution in [-0.4, -0.2) is 65.8 Å². The molecule has 0 heterocycles. The van der Waals surface area contributed by atoms with Crippen LogP contribution in [-0.2, 0) is 0 Å². The van der Waals surface area contributed by atoms with E-state index < -0.39 is 0 Å². The first-order chi connectivity index (χ1) is 19.7. The maximum absolute atomic E-state index is 5.25. The molecule has 0 amide bonds. The van der Waals surface area contributed by atoms with Crippen LogP contribution in [0.2, 0.25) is 0 Å². The van der Waals surface area contributed by atoms with Crippen LogP contribution >= 0.6 is 0 Å². The Morgan fingerprint density at radius 1 is 0.537 bits per heavy atom. The van der Waals surface area contributed by atoms with E-state index in [1.54, 1.807) is 0 Å². The number of hydrogen-bond donors (Lipinski definition) is 0. The minimum Gasteiger partial charge on any atom is -0.373 e. The normalized spacial score (nSPS) is 12.0. The Morgan fingerprint density at radius 3 is 1.41 bits per heavy atom. The van der Waals surface area contributed by atoms with Crippen LogP contribution in [0.1, 0.15) is 86.5 Å². The third-order valence-corrected chi connectivity index (χ3v) is 8.21. The molecule has 0 fully saturated rings. The summed E-state index contributed by atoms with van der Waals surface area (Å²) in [5, 5.41) is 0. The second-order valence-electron chi connectivity index (χ2n) is 11.2. The van der Waals surface area contributed by atoms with Gasteiger partial charge in [0, 0.05) is 54.4 Å². The van der Waals surface area contributed by atoms with Gasteiger partial charge in [0.05, 0.1) is 45.5 Å². The Balaban J connectivity index is 2.51. The van der Waals surface area contributed by atoms with Gasteiger partial charge in [0.1, 0.15) is 0 Å². The van der Waals surface area contributed by atoms with Gasteiger partial charge in [-0.1, -0.05) is 39.0 Å². The summed E-state index contributed by atoms with van der Waals surface area (Å²) in [5.74, 6) is 0. The van der Waals surface area contributed by atoms with Crippen LogP contribution in [0.15, 0.2) is 46.4 Å². The fourth-order valence-electron chi connectivity index (χ4n) is 4.91. The first-order valence-corrected chi connectivity index (χ1v) is 16.0. The van der Waals surface area contributed by atoms with Crippen molar-refractivity contribution in [3.8, 4) is 0 Å². The summed E-state index contributed by atoms with van der Waals surface area (Å²) in [4.78, 5) is 19.6. The third-order valence-electron chi connectivity index (χ3n) is 8.21. The summed E-state index contributed by atoms with van der Waals surface area (Å²) in [7, 11) is 8.61. The van der Waals surface area contributed by atoms with Crippen molar-refractivity contribution in [2.24, 2.45) is 9.98 Å². The van der Waals surface area contributed by atoms with Crippen molar-refractivity contribution in [1.82, 2.24) is 0 Å². The van der Waals surface area contributed by atoms with Gasteiger partial charge in [-0.2, -0.15) is 0 Å². The third kappa shape index (κ3) is 10.1. The molecular formula is C35H58N6. The molecule has 0 radical (unpaired) electrons. The average Bonchev–Trinajstić information content (AvgIpc) is 3.00. The molecule has 0 spiro atoms. The van der Waals surface area contributed by atoms with Gasteiger partial charge in [-0.3, -0.25) is 9.98 Å². The molecule has 228 valence electrons. The lowest BCUT2D eigenvalue weighted by Gasteiger charge is -2.27. The highest BCUT2D eigenvalue weighted by Crippen LogP contribution is 2.34. The van der Waals surface area contributed by atoms with Crippen LogP contribution in [0.5, 0.6) is 0 Å². The van der Waals surface area contributed by atoms with E-state index in [1.165, 1.54) is 54.9 Å². The number of benzene rings is 2. The Kier molecular flexibility index (Phi) is 14.8. The van der Waals surface area contributed by atoms with E-state index in [1.807, 2.05) is 0 Å². The second kappa shape index (κ2) is 17.7. The molecule has 0 aromatic heterocycles. The molecule has 41 heavy (non-hydrogen) atoms. The molecule has 0 unspecified atom stereocenters. The number of hydrogen-bond acceptors (Lipinski definition) is 6. The van der Waals surface area contributed by atoms with Gasteiger partial charge < -0.3 is 19.6 Å². The Bertz CT molecular complexity index is 1120. The highest BCUT2D eigenvalue weighted by Gasteiger charge is 2.14. The molecule has 0 saturated carbocycles. The molecule has 0 bridgehead atoms. The monoisotopic (exact) mass is 562 g/mol. The summed E-state index contributed by atoms with van der Waals surface area (Å²) in [6, 6.07) is 13.2. The van der Waals surface area contributed by atoms with Gasteiger partial charge in [-0.05, 0) is 83.9 Å². The zero-order chi connectivity index (χ0) is 30.4. The van der Waals surface area contributed by atoms with Crippen molar-refractivity contribution in [2.75, 3.05) is 74.0 Å². The lowest BCUT2D eigenvalue weighted by molar-refractivity contribution is 0.616. The summed E-state index contributed by atoms with van der Waals surface area (Å²) in [5.41, 5.74) is 8.96. The number of rotatable bonds is 18. The number of aliphatic imine (C=N–C) groups is 2. The van der Waals surface area contributed by atoms with Crippen LogP contribution in [0.25, 0.3) is 0 Å². The molecule has 0 aliphatic heterocycles. The number of anilines is 4. The summed E-state index contributed by atoms with van der Waals surface area (Å²) in [6.45, 7) is 17.0. The van der Waals surface area contributed by atoms with Crippen molar-refractivity contribution in [3.63, 3.8) is 0 Å². The highest BCUT2D eigenvalue weighted by atomic mass is 15.2. The second-order valence-corrected chi connectivity index (χ2v) is 11.2. The summed E-state index contributed by atoms with van der Waals surface area (Å²) in [6.07, 6.45) is 8.53. The van der Waals surface area contributed by atoms with E-state index in [4.69, 9.17) is 9.98 Å². The fraction of sp³-hybridized carbons (Fsp3) is 0.600. The molecule has 0 aliphatic rings. The Hall–Kier alpha value is -3.02. The standard InChI is InChI=1S/C35H58N6/c1-11-16-17-18-19-20-21-31(37-30-23-25-33(39(8)13-3)35(27-30)41(10)15-5)28(6)36-29-22-24-32(38(7)12-2)34(26-29)40(9)14-4/h22-27H,11-21H2,1-10H3. The molecule has 2 aromatic carbocycles. The minimum absolute atomic E-state index is 0.940. The van der Waals surface area contributed by atoms with E-state index in [-0.39, 0.29) is 0 Å². The van der Waals surface area contributed by atoms with Crippen LogP contribution in [0.3, 0.4) is 0 Å². The van der Waals surface area contributed by atoms with E-state index in [9.17, 15) is 0 Å². The smallest absolute Gasteiger partial charge is 0.0655 e. The number of unbranched alkanes of at least 4 members (excludes halogenated alkanes) is 5. The zero-order valence-electron chi connectivity index (χ0n) is 27.9. The minimum atomic E-state index is 0.940. The van der Waals surface area contributed by atoms with Crippen molar-refractivity contribution in [2.45, 2.75) is 86.5 Å². The van der Waals surface area contributed by atoms with Crippen molar-refractivity contribution in [1.29, 1.82) is 0 Å². The molecule has 0 saturated heterocycles. The van der Waals surface area contributed by atoms with E-state index in [0.29, 0.717) is 0 Å². The van der Waals surface area contributed by atoms with Gasteiger partial charge in [0.25, 0.3) is 0 Å². The molecule has 2 rings (SSSR count). The number of nitrogens with zero attached hydrogens (tertiary/aromatic N) is 6. The van der Waals surface area contributed by atoms with Gasteiger partial charge in [-0.25, -0.2) is 0 Å². The summed E-state index contributed by atoms with van der Waals surface area (Å²) >= 11 is 0. The quantitative estimate of drug-likeness (QED) is 0.134. The van der Waals surface area contributed by atoms with Gasteiger partial charge in [0.15, 0.2) is 0 Å². The highest BCUT2D eigenvalue weighted by molar-refractivity contribution is 6.42. The van der Waals surface area contributed by atoms with Crippen LogP contribution < -0.4 is 19.6 Å². The first-order valence-electron chi connectivity index (χ1n) is 16.0. The predicted octanol–water partition coefficient (Wildman–Crippen LogP) is 9.13. The van der Waals surface area contributed by atoms with Gasteiger partial charge >= 0.3 is 0 Å². The Morgan fingerprint density at radius 2 is 0.951 bits per heavy atom. The molecule has 0 N–H and O–H groups in total. The lowest BCUT2D eigenvalue weighted by atomic mass is 10.0. The molecule has 6 heteroatoms. The summed E-state index contributed by atoms with van der Waals surface area (Å²) < 4.78 is 0. The van der Waals surface area contributed by atoms with Crippen molar-refractivity contribution >= 4 is 45.5 Å². The van der Waals surface area contributed by atoms with E-state index >= 15 is 0 Å². The van der Waals surface area contributed by atoms with Gasteiger partial charge in [0.2, 0.25) is 0 Å². The van der Waals surface area contributed by atoms with Crippen LogP contribution in [0, 0.1) is 0 Å². The SMILES string of the molecule is CCCCCCCCC(=Nc1ccc(N(C)CC)c(N(C)CC)c1)C(C)=Nc1ccc(N(C)CC)c(N(C)CC)c1. The largest absolute Gasteiger partial charge is 0.373 e. The maximum Gasteiger partial charge on any atom is 0.0655 e. The Labute approximate surface area is 252 Å². The molecular weight excluding hydrogens is 504 g/mol. The topological polar surface area (TPSA) is 37.7 Å². The maximum atomic E-state index is 5.25. The van der Waals surface area contributed by atoms with E-state index in [2.05, 4.69) is 126 Å². The molecule has 2 aromatic rings. The zero-order valence-corrected chi connectivity index (χ0v) is 27.9. The molecule has 0 atom stereocenters. The van der Waals surface area contributed by atoms with E-state index in [0.717, 1.165) is 61.8 Å². The molecule has 0 aliphatic carbocycles. The lowest BCUT2D eigenvalue weighted by Crippen LogP contribution is -2.22. The first kappa shape index (κ1) is 34.2. The van der Waals surface area contributed by atoms with Crippen molar-refractivity contribution < 1.29 is 0 Å². The van der Waals surface area contributed by atoms with Crippen LogP contribution in [0.4, 0.5) is 34.1 Å². The van der Waals surface area contributed by atoms with Crippen molar-refractivity contribution in [3.05, 3.63) is 36.4 Å². The molecule has 6 nitrogen and oxygen atoms in total. The van der Waals surface area contributed by atoms with Gasteiger partial charge in [-0.15, -0.1) is 0 Å². The predicted molar refractivity (Wildman–Crippen MR) is 187 cm³/mol. The fourth-order valence-corrected chi connectivity index (χ4v) is 4.91. The average molecular weight is 563 g/mol.